The Morgan fingerprint density at radius 2 is 1.70 bits per heavy atom. The van der Waals surface area contributed by atoms with Gasteiger partial charge < -0.3 is 5.32 Å². The highest BCUT2D eigenvalue weighted by molar-refractivity contribution is 5.93. The first-order chi connectivity index (χ1) is 14.6. The summed E-state index contributed by atoms with van der Waals surface area (Å²) in [5.41, 5.74) is 3.14. The highest BCUT2D eigenvalue weighted by atomic mass is 16.6. The predicted octanol–water partition coefficient (Wildman–Crippen LogP) is 2.94. The number of nitrogens with one attached hydrogen (secondary N) is 1. The van der Waals surface area contributed by atoms with E-state index in [1.165, 1.54) is 23.0 Å². The van der Waals surface area contributed by atoms with Gasteiger partial charge in [-0.05, 0) is 42.3 Å². The first kappa shape index (κ1) is 19.1. The molecule has 0 saturated carbocycles. The second-order valence-electron chi connectivity index (χ2n) is 6.57. The Labute approximate surface area is 171 Å². The van der Waals surface area contributed by atoms with Gasteiger partial charge in [0.2, 0.25) is 0 Å². The maximum atomic E-state index is 12.4. The van der Waals surface area contributed by atoms with Crippen LogP contribution in [-0.4, -0.2) is 36.9 Å². The van der Waals surface area contributed by atoms with Gasteiger partial charge in [0.25, 0.3) is 11.6 Å². The SMILES string of the molecule is O=C(NCCc1ccc(-n2cccn2)cc1)c1cnn(-c2ccc([N+](=O)[O-])cc2)c1. The zero-order valence-electron chi connectivity index (χ0n) is 15.9. The van der Waals surface area contributed by atoms with Gasteiger partial charge in [0, 0.05) is 37.3 Å². The van der Waals surface area contributed by atoms with Gasteiger partial charge in [-0.2, -0.15) is 10.2 Å². The lowest BCUT2D eigenvalue weighted by Gasteiger charge is -2.06. The van der Waals surface area contributed by atoms with Crippen LogP contribution >= 0.6 is 0 Å². The quantitative estimate of drug-likeness (QED) is 0.378. The Morgan fingerprint density at radius 1 is 1.00 bits per heavy atom. The van der Waals surface area contributed by atoms with Crippen LogP contribution in [0.25, 0.3) is 11.4 Å². The molecular formula is C21H18N6O3. The average molecular weight is 402 g/mol. The van der Waals surface area contributed by atoms with Crippen molar-refractivity contribution in [1.82, 2.24) is 24.9 Å². The minimum absolute atomic E-state index is 0.00141. The fraction of sp³-hybridized carbons (Fsp3) is 0.0952. The van der Waals surface area contributed by atoms with Crippen molar-refractivity contribution < 1.29 is 9.72 Å². The van der Waals surface area contributed by atoms with Gasteiger partial charge in [0.1, 0.15) is 0 Å². The molecule has 9 nitrogen and oxygen atoms in total. The first-order valence-corrected chi connectivity index (χ1v) is 9.27. The molecule has 4 rings (SSSR count). The van der Waals surface area contributed by atoms with Crippen LogP contribution in [0.3, 0.4) is 0 Å². The van der Waals surface area contributed by atoms with E-state index < -0.39 is 4.92 Å². The second kappa shape index (κ2) is 8.39. The molecule has 2 aromatic carbocycles. The highest BCUT2D eigenvalue weighted by Crippen LogP contribution is 2.15. The van der Waals surface area contributed by atoms with Crippen molar-refractivity contribution in [2.75, 3.05) is 6.54 Å². The molecule has 9 heteroatoms. The van der Waals surface area contributed by atoms with Crippen molar-refractivity contribution in [2.24, 2.45) is 0 Å². The van der Waals surface area contributed by atoms with Gasteiger partial charge >= 0.3 is 0 Å². The second-order valence-corrected chi connectivity index (χ2v) is 6.57. The Hall–Kier alpha value is -4.27. The van der Waals surface area contributed by atoms with Crippen LogP contribution in [0.1, 0.15) is 15.9 Å². The summed E-state index contributed by atoms with van der Waals surface area (Å²) in [6.07, 6.45) is 7.37. The minimum atomic E-state index is -0.462. The first-order valence-electron chi connectivity index (χ1n) is 9.27. The van der Waals surface area contributed by atoms with E-state index in [0.29, 0.717) is 24.2 Å². The normalized spacial score (nSPS) is 10.7. The number of aromatic nitrogens is 4. The van der Waals surface area contributed by atoms with Gasteiger partial charge in [-0.25, -0.2) is 9.36 Å². The molecule has 0 aliphatic rings. The van der Waals surface area contributed by atoms with Crippen LogP contribution in [0.15, 0.2) is 79.4 Å². The molecule has 0 radical (unpaired) electrons. The van der Waals surface area contributed by atoms with Crippen LogP contribution in [-0.2, 0) is 6.42 Å². The van der Waals surface area contributed by atoms with Crippen molar-refractivity contribution in [1.29, 1.82) is 0 Å². The molecule has 1 N–H and O–H groups in total. The lowest BCUT2D eigenvalue weighted by molar-refractivity contribution is -0.384. The molecule has 150 valence electrons. The Balaban J connectivity index is 1.32. The molecule has 0 aliphatic carbocycles. The number of carbonyl (C=O) groups excluding carboxylic acids is 1. The summed E-state index contributed by atoms with van der Waals surface area (Å²) >= 11 is 0. The molecule has 0 atom stereocenters. The summed E-state index contributed by atoms with van der Waals surface area (Å²) in [6, 6.07) is 15.8. The monoisotopic (exact) mass is 402 g/mol. The average Bonchev–Trinajstić information content (AvgIpc) is 3.47. The number of rotatable bonds is 7. The van der Waals surface area contributed by atoms with Crippen LogP contribution in [0, 0.1) is 10.1 Å². The van der Waals surface area contributed by atoms with Crippen molar-refractivity contribution in [2.45, 2.75) is 6.42 Å². The van der Waals surface area contributed by atoms with Crippen LogP contribution in [0.2, 0.25) is 0 Å². The smallest absolute Gasteiger partial charge is 0.269 e. The van der Waals surface area contributed by atoms with Crippen molar-refractivity contribution >= 4 is 11.6 Å². The summed E-state index contributed by atoms with van der Waals surface area (Å²) < 4.78 is 3.29. The largest absolute Gasteiger partial charge is 0.352 e. The highest BCUT2D eigenvalue weighted by Gasteiger charge is 2.10. The molecule has 4 aromatic rings. The molecule has 30 heavy (non-hydrogen) atoms. The number of nitro benzene ring substituents is 1. The summed E-state index contributed by atoms with van der Waals surface area (Å²) in [5, 5.41) is 22.0. The van der Waals surface area contributed by atoms with Crippen LogP contribution < -0.4 is 5.32 Å². The lowest BCUT2D eigenvalue weighted by atomic mass is 10.1. The third kappa shape index (κ3) is 4.25. The van der Waals surface area contributed by atoms with E-state index in [1.807, 2.05) is 36.5 Å². The van der Waals surface area contributed by atoms with E-state index >= 15 is 0 Å². The lowest BCUT2D eigenvalue weighted by Crippen LogP contribution is -2.25. The standard InChI is InChI=1S/C21H18N6O3/c28-21(17-14-24-26(15-17)19-6-8-20(9-7-19)27(29)30)22-12-10-16-2-4-18(5-3-16)25-13-1-11-23-25/h1-9,11,13-15H,10,12H2,(H,22,28). The van der Waals surface area contributed by atoms with E-state index in [-0.39, 0.29) is 11.6 Å². The Kier molecular flexibility index (Phi) is 5.33. The topological polar surface area (TPSA) is 108 Å². The number of benzene rings is 2. The number of amides is 1. The molecule has 2 heterocycles. The summed E-state index contributed by atoms with van der Waals surface area (Å²) in [5.74, 6) is -0.226. The molecule has 0 aliphatic heterocycles. The molecule has 0 saturated heterocycles. The maximum Gasteiger partial charge on any atom is 0.269 e. The summed E-state index contributed by atoms with van der Waals surface area (Å²) in [7, 11) is 0. The van der Waals surface area contributed by atoms with Crippen molar-refractivity contribution in [3.63, 3.8) is 0 Å². The Bertz CT molecular complexity index is 1150. The van der Waals surface area contributed by atoms with Gasteiger partial charge in [0.15, 0.2) is 0 Å². The number of nitro groups is 1. The maximum absolute atomic E-state index is 12.4. The van der Waals surface area contributed by atoms with E-state index in [9.17, 15) is 14.9 Å². The van der Waals surface area contributed by atoms with E-state index in [2.05, 4.69) is 15.5 Å². The molecular weight excluding hydrogens is 384 g/mol. The van der Waals surface area contributed by atoms with Gasteiger partial charge in [-0.1, -0.05) is 12.1 Å². The van der Waals surface area contributed by atoms with Crippen molar-refractivity contribution in [3.05, 3.63) is 101 Å². The predicted molar refractivity (Wildman–Crippen MR) is 110 cm³/mol. The number of non-ortho nitro benzene ring substituents is 1. The summed E-state index contributed by atoms with van der Waals surface area (Å²) in [6.45, 7) is 0.489. The zero-order chi connectivity index (χ0) is 20.9. The molecule has 0 bridgehead atoms. The molecule has 0 spiro atoms. The summed E-state index contributed by atoms with van der Waals surface area (Å²) in [4.78, 5) is 22.6. The third-order valence-corrected chi connectivity index (χ3v) is 4.57. The fourth-order valence-corrected chi connectivity index (χ4v) is 2.97. The molecule has 0 fully saturated rings. The van der Waals surface area contributed by atoms with Crippen molar-refractivity contribution in [3.8, 4) is 11.4 Å². The van der Waals surface area contributed by atoms with Gasteiger partial charge in [-0.3, -0.25) is 14.9 Å². The van der Waals surface area contributed by atoms with E-state index in [0.717, 1.165) is 11.3 Å². The number of hydrogen-bond donors (Lipinski definition) is 1. The zero-order valence-corrected chi connectivity index (χ0v) is 15.9. The minimum Gasteiger partial charge on any atom is -0.352 e. The van der Waals surface area contributed by atoms with Gasteiger partial charge in [-0.15, -0.1) is 0 Å². The van der Waals surface area contributed by atoms with Crippen LogP contribution in [0.5, 0.6) is 0 Å². The Morgan fingerprint density at radius 3 is 2.37 bits per heavy atom. The molecule has 1 amide bonds. The fourth-order valence-electron chi connectivity index (χ4n) is 2.97. The number of nitrogens with zero attached hydrogens (tertiary/aromatic N) is 5. The van der Waals surface area contributed by atoms with Gasteiger partial charge in [0.05, 0.1) is 28.1 Å². The van der Waals surface area contributed by atoms with Crippen LogP contribution in [0.4, 0.5) is 5.69 Å². The van der Waals surface area contributed by atoms with E-state index in [1.54, 1.807) is 29.2 Å². The number of hydrogen-bond acceptors (Lipinski definition) is 5. The van der Waals surface area contributed by atoms with E-state index in [4.69, 9.17) is 0 Å². The third-order valence-electron chi connectivity index (χ3n) is 4.57. The number of carbonyl (C=O) groups is 1. The molecule has 0 unspecified atom stereocenters. The molecule has 2 aromatic heterocycles.